The molecule has 1 saturated carbocycles. The van der Waals surface area contributed by atoms with Crippen molar-refractivity contribution in [1.29, 1.82) is 0 Å². The van der Waals surface area contributed by atoms with Gasteiger partial charge < -0.3 is 15.0 Å². The average molecular weight is 707 g/mol. The third-order valence-corrected chi connectivity index (χ3v) is 12.0. The van der Waals surface area contributed by atoms with Gasteiger partial charge in [-0.2, -0.15) is 5.10 Å². The van der Waals surface area contributed by atoms with Crippen LogP contribution in [0, 0.1) is 19.8 Å². The lowest BCUT2D eigenvalue weighted by molar-refractivity contribution is -0.162. The smallest absolute Gasteiger partial charge is 0.246 e. The summed E-state index contributed by atoms with van der Waals surface area (Å²) in [5.41, 5.74) is 3.05. The summed E-state index contributed by atoms with van der Waals surface area (Å²) in [5.74, 6) is 0.670. The Morgan fingerprint density at radius 3 is 2.38 bits per heavy atom. The van der Waals surface area contributed by atoms with Crippen molar-refractivity contribution in [2.24, 2.45) is 5.92 Å². The van der Waals surface area contributed by atoms with E-state index >= 15 is 0 Å². The van der Waals surface area contributed by atoms with Crippen LogP contribution < -0.4 is 10.0 Å². The van der Waals surface area contributed by atoms with Crippen molar-refractivity contribution in [1.82, 2.24) is 29.6 Å². The fourth-order valence-corrected chi connectivity index (χ4v) is 8.74. The number of nitrogens with one attached hydrogen (secondary N) is 2. The molecule has 0 unspecified atom stereocenters. The fraction of sp³-hybridized carbons (Fsp3) is 0.686. The third kappa shape index (κ3) is 8.43. The summed E-state index contributed by atoms with van der Waals surface area (Å²) >= 11 is 0. The molecule has 1 aromatic carbocycles. The zero-order valence-electron chi connectivity index (χ0n) is 29.1. The highest BCUT2D eigenvalue weighted by Crippen LogP contribution is 2.36. The molecule has 48 heavy (non-hydrogen) atoms. The van der Waals surface area contributed by atoms with E-state index in [4.69, 9.17) is 9.84 Å². The Balaban J connectivity index is 0.00000520. The van der Waals surface area contributed by atoms with Gasteiger partial charge in [0, 0.05) is 57.7 Å². The van der Waals surface area contributed by atoms with Gasteiger partial charge in [-0.3, -0.25) is 14.5 Å². The molecule has 2 N–H and O–H groups in total. The average Bonchev–Trinajstić information content (AvgIpc) is 3.35. The molecular weight excluding hydrogens is 652 g/mol. The number of rotatable bonds is 14. The van der Waals surface area contributed by atoms with Crippen molar-refractivity contribution >= 4 is 34.2 Å². The maximum atomic E-state index is 13.9. The van der Waals surface area contributed by atoms with Crippen molar-refractivity contribution in [3.05, 3.63) is 41.2 Å². The largest absolute Gasteiger partial charge is 0.385 e. The van der Waals surface area contributed by atoms with E-state index < -0.39 is 21.6 Å². The van der Waals surface area contributed by atoms with E-state index in [1.165, 1.54) is 19.3 Å². The van der Waals surface area contributed by atoms with E-state index in [1.54, 1.807) is 31.4 Å². The number of unbranched alkanes of at least 4 members (excludes halogenated alkanes) is 1. The van der Waals surface area contributed by atoms with Gasteiger partial charge in [0.1, 0.15) is 11.6 Å². The van der Waals surface area contributed by atoms with Crippen molar-refractivity contribution < 1.29 is 22.7 Å². The number of ether oxygens (including phenoxy) is 1. The second-order valence-corrected chi connectivity index (χ2v) is 15.5. The van der Waals surface area contributed by atoms with E-state index in [0.717, 1.165) is 54.7 Å². The number of sulfonamides is 1. The number of halogens is 1. The Hall–Kier alpha value is -2.51. The predicted molar refractivity (Wildman–Crippen MR) is 189 cm³/mol. The minimum Gasteiger partial charge on any atom is -0.385 e. The van der Waals surface area contributed by atoms with Crippen LogP contribution >= 0.6 is 12.4 Å². The number of hydrogen-bond acceptors (Lipinski definition) is 7. The SMILES string of the molecule is CCCCN1C(=O)[C@H](CC2CCCCC2)NC(=O)C12CCN(Cc1c(C)nn(-c3ccc(S(=O)(=O)NCCCOC)cc3)c1C)CC2.Cl. The Morgan fingerprint density at radius 2 is 1.73 bits per heavy atom. The second kappa shape index (κ2) is 16.9. The monoisotopic (exact) mass is 706 g/mol. The lowest BCUT2D eigenvalue weighted by Crippen LogP contribution is -2.73. The number of amides is 2. The molecule has 3 heterocycles. The first-order valence-corrected chi connectivity index (χ1v) is 19.1. The zero-order valence-corrected chi connectivity index (χ0v) is 30.8. The molecular formula is C35H55ClN6O5S. The summed E-state index contributed by atoms with van der Waals surface area (Å²) < 4.78 is 34.8. The van der Waals surface area contributed by atoms with Crippen LogP contribution in [0.4, 0.5) is 0 Å². The predicted octanol–water partition coefficient (Wildman–Crippen LogP) is 4.66. The Kier molecular flexibility index (Phi) is 13.5. The van der Waals surface area contributed by atoms with Gasteiger partial charge in [-0.15, -0.1) is 12.4 Å². The number of piperidine rings is 1. The van der Waals surface area contributed by atoms with Crippen molar-refractivity contribution in [3.8, 4) is 5.69 Å². The quantitative estimate of drug-likeness (QED) is 0.274. The van der Waals surface area contributed by atoms with Crippen LogP contribution in [0.2, 0.25) is 0 Å². The summed E-state index contributed by atoms with van der Waals surface area (Å²) in [6.07, 6.45) is 10.5. The first-order chi connectivity index (χ1) is 22.6. The second-order valence-electron chi connectivity index (χ2n) is 13.7. The number of carbonyl (C=O) groups is 2. The summed E-state index contributed by atoms with van der Waals surface area (Å²) in [6.45, 7) is 9.73. The molecule has 1 aromatic heterocycles. The lowest BCUT2D eigenvalue weighted by Gasteiger charge is -2.52. The first kappa shape index (κ1) is 38.3. The lowest BCUT2D eigenvalue weighted by atomic mass is 9.79. The van der Waals surface area contributed by atoms with Crippen molar-refractivity contribution in [2.75, 3.05) is 39.9 Å². The van der Waals surface area contributed by atoms with Gasteiger partial charge in [-0.1, -0.05) is 45.4 Å². The molecule has 1 atom stereocenters. The number of aromatic nitrogens is 2. The van der Waals surface area contributed by atoms with Gasteiger partial charge in [0.05, 0.1) is 16.3 Å². The van der Waals surface area contributed by atoms with Crippen LogP contribution in [-0.2, 0) is 30.9 Å². The highest BCUT2D eigenvalue weighted by molar-refractivity contribution is 7.89. The number of piperazine rings is 1. The highest BCUT2D eigenvalue weighted by Gasteiger charge is 2.53. The van der Waals surface area contributed by atoms with Gasteiger partial charge in [0.15, 0.2) is 0 Å². The van der Waals surface area contributed by atoms with Gasteiger partial charge in [-0.25, -0.2) is 17.8 Å². The number of benzene rings is 1. The molecule has 0 radical (unpaired) electrons. The van der Waals surface area contributed by atoms with E-state index in [1.807, 2.05) is 23.4 Å². The third-order valence-electron chi connectivity index (χ3n) is 10.6. The van der Waals surface area contributed by atoms with E-state index in [9.17, 15) is 18.0 Å². The molecule has 2 saturated heterocycles. The highest BCUT2D eigenvalue weighted by atomic mass is 35.5. The van der Waals surface area contributed by atoms with E-state index in [2.05, 4.69) is 21.9 Å². The Bertz CT molecular complexity index is 1480. The first-order valence-electron chi connectivity index (χ1n) is 17.6. The van der Waals surface area contributed by atoms with E-state index in [0.29, 0.717) is 64.5 Å². The standard InChI is InChI=1S/C35H54N6O5S.ClH/c1-5-6-20-40-33(42)32(24-28-11-8-7-9-12-28)37-34(43)35(40)17-21-39(22-18-35)25-31-26(2)38-41(27(31)3)29-13-15-30(16-14-29)47(44,45)36-19-10-23-46-4;/h13-16,28,32,36H,5-12,17-25H2,1-4H3,(H,37,43);1H/t32-;/m0./s1. The Labute approximate surface area is 293 Å². The molecule has 0 bridgehead atoms. The molecule has 1 spiro atoms. The van der Waals surface area contributed by atoms with Gasteiger partial charge in [0.2, 0.25) is 21.8 Å². The molecule has 13 heteroatoms. The van der Waals surface area contributed by atoms with Crippen LogP contribution in [0.15, 0.2) is 29.2 Å². The number of likely N-dealkylation sites (tertiary alicyclic amines) is 1. The van der Waals surface area contributed by atoms with Crippen LogP contribution in [-0.4, -0.2) is 91.3 Å². The number of hydrogen-bond donors (Lipinski definition) is 2. The van der Waals surface area contributed by atoms with Crippen molar-refractivity contribution in [2.45, 2.75) is 114 Å². The molecule has 2 amide bonds. The molecule has 3 fully saturated rings. The molecule has 11 nitrogen and oxygen atoms in total. The topological polar surface area (TPSA) is 126 Å². The van der Waals surface area contributed by atoms with Crippen LogP contribution in [0.3, 0.4) is 0 Å². The molecule has 2 aliphatic heterocycles. The van der Waals surface area contributed by atoms with Gasteiger partial charge in [-0.05, 0) is 76.1 Å². The normalized spacial score (nSPS) is 20.6. The summed E-state index contributed by atoms with van der Waals surface area (Å²) in [6, 6.07) is 6.38. The number of aryl methyl sites for hydroxylation is 1. The van der Waals surface area contributed by atoms with Crippen LogP contribution in [0.25, 0.3) is 5.69 Å². The molecule has 2 aromatic rings. The molecule has 1 aliphatic carbocycles. The summed E-state index contributed by atoms with van der Waals surface area (Å²) in [5, 5.41) is 8.01. The van der Waals surface area contributed by atoms with Gasteiger partial charge in [0.25, 0.3) is 0 Å². The maximum absolute atomic E-state index is 13.9. The minimum absolute atomic E-state index is 0. The van der Waals surface area contributed by atoms with Crippen molar-refractivity contribution in [3.63, 3.8) is 0 Å². The zero-order chi connectivity index (χ0) is 33.6. The summed E-state index contributed by atoms with van der Waals surface area (Å²) in [7, 11) is -2.01. The molecule has 3 aliphatic rings. The maximum Gasteiger partial charge on any atom is 0.246 e. The van der Waals surface area contributed by atoms with E-state index in [-0.39, 0.29) is 29.1 Å². The minimum atomic E-state index is -3.61. The summed E-state index contributed by atoms with van der Waals surface area (Å²) in [4.78, 5) is 32.3. The molecule has 5 rings (SSSR count). The van der Waals surface area contributed by atoms with Gasteiger partial charge >= 0.3 is 0 Å². The number of methoxy groups -OCH3 is 1. The van der Waals surface area contributed by atoms with Crippen LogP contribution in [0.1, 0.15) is 94.5 Å². The number of carbonyl (C=O) groups excluding carboxylic acids is 2. The number of nitrogens with zero attached hydrogens (tertiary/aromatic N) is 4. The van der Waals surface area contributed by atoms with Crippen LogP contribution in [0.5, 0.6) is 0 Å². The molecule has 268 valence electrons. The fourth-order valence-electron chi connectivity index (χ4n) is 7.66. The Morgan fingerprint density at radius 1 is 1.04 bits per heavy atom.